The van der Waals surface area contributed by atoms with Crippen LogP contribution < -0.4 is 10.1 Å². The van der Waals surface area contributed by atoms with E-state index in [0.717, 1.165) is 20.8 Å². The van der Waals surface area contributed by atoms with E-state index in [9.17, 15) is 9.59 Å². The van der Waals surface area contributed by atoms with Crippen molar-refractivity contribution in [3.63, 3.8) is 0 Å². The number of hydrogen-bond acceptors (Lipinski definition) is 3. The van der Waals surface area contributed by atoms with Crippen LogP contribution in [0.3, 0.4) is 0 Å². The highest BCUT2D eigenvalue weighted by molar-refractivity contribution is 9.10. The van der Waals surface area contributed by atoms with Crippen molar-refractivity contribution in [3.05, 3.63) is 111 Å². The van der Waals surface area contributed by atoms with Gasteiger partial charge in [0.1, 0.15) is 11.8 Å². The molecule has 1 N–H and O–H groups in total. The van der Waals surface area contributed by atoms with E-state index < -0.39 is 6.04 Å². The van der Waals surface area contributed by atoms with Crippen LogP contribution in [-0.2, 0) is 22.6 Å². The number of benzene rings is 4. The molecule has 0 aliphatic carbocycles. The Balaban J connectivity index is 1.65. The van der Waals surface area contributed by atoms with E-state index in [2.05, 4.69) is 21.2 Å². The highest BCUT2D eigenvalue weighted by Crippen LogP contribution is 2.33. The van der Waals surface area contributed by atoms with Gasteiger partial charge in [0.2, 0.25) is 5.91 Å². The van der Waals surface area contributed by atoms with Gasteiger partial charge in [0, 0.05) is 29.6 Å². The third-order valence-electron chi connectivity index (χ3n) is 6.16. The molecular weight excluding hydrogens is 587 g/mol. The fourth-order valence-electron chi connectivity index (χ4n) is 4.23. The highest BCUT2D eigenvalue weighted by Gasteiger charge is 2.31. The molecule has 0 aromatic heterocycles. The van der Waals surface area contributed by atoms with Gasteiger partial charge in [0.05, 0.1) is 4.47 Å². The summed E-state index contributed by atoms with van der Waals surface area (Å²) in [5, 5.41) is 5.82. The van der Waals surface area contributed by atoms with E-state index >= 15 is 0 Å². The van der Waals surface area contributed by atoms with Crippen LogP contribution >= 0.6 is 39.1 Å². The molecule has 0 bridgehead atoms. The number of rotatable bonds is 10. The summed E-state index contributed by atoms with van der Waals surface area (Å²) >= 11 is 16.2. The van der Waals surface area contributed by atoms with Crippen LogP contribution in [0.25, 0.3) is 10.8 Å². The van der Waals surface area contributed by atoms with Crippen molar-refractivity contribution in [2.75, 3.05) is 13.2 Å². The van der Waals surface area contributed by atoms with Gasteiger partial charge in [-0.15, -0.1) is 0 Å². The fraction of sp³-hybridized carbons (Fsp3) is 0.200. The van der Waals surface area contributed by atoms with Gasteiger partial charge < -0.3 is 15.0 Å². The largest absolute Gasteiger partial charge is 0.483 e. The Morgan fingerprint density at radius 3 is 2.45 bits per heavy atom. The van der Waals surface area contributed by atoms with Crippen LogP contribution in [0.5, 0.6) is 5.75 Å². The first-order valence-electron chi connectivity index (χ1n) is 12.2. The zero-order chi connectivity index (χ0) is 27.1. The Kier molecular flexibility index (Phi) is 9.67. The van der Waals surface area contributed by atoms with Gasteiger partial charge in [-0.05, 0) is 63.0 Å². The van der Waals surface area contributed by atoms with Crippen LogP contribution in [0.15, 0.2) is 89.4 Å². The SMILES string of the molecule is CCNC(=O)[C@H](Cc1ccccc1)N(Cc1ccc(Cl)cc1Cl)C(=O)COc1ccc2ccccc2c1Br. The molecular formula is C30H27BrCl2N2O3. The third kappa shape index (κ3) is 6.87. The zero-order valence-corrected chi connectivity index (χ0v) is 23.9. The molecule has 1 atom stereocenters. The Morgan fingerprint density at radius 1 is 0.974 bits per heavy atom. The summed E-state index contributed by atoms with van der Waals surface area (Å²) in [6.07, 6.45) is 0.337. The quantitative estimate of drug-likeness (QED) is 0.208. The lowest BCUT2D eigenvalue weighted by Crippen LogP contribution is -2.51. The number of nitrogens with one attached hydrogen (secondary N) is 1. The van der Waals surface area contributed by atoms with Crippen molar-refractivity contribution < 1.29 is 14.3 Å². The molecule has 8 heteroatoms. The third-order valence-corrected chi connectivity index (χ3v) is 7.56. The molecule has 0 saturated carbocycles. The number of halogens is 3. The molecule has 38 heavy (non-hydrogen) atoms. The van der Waals surface area contributed by atoms with Crippen LogP contribution in [0.2, 0.25) is 10.0 Å². The fourth-order valence-corrected chi connectivity index (χ4v) is 5.30. The normalized spacial score (nSPS) is 11.7. The number of fused-ring (bicyclic) bond motifs is 1. The van der Waals surface area contributed by atoms with Crippen LogP contribution in [0.1, 0.15) is 18.1 Å². The molecule has 0 fully saturated rings. The molecule has 4 aromatic rings. The predicted octanol–water partition coefficient (Wildman–Crippen LogP) is 7.06. The molecule has 0 spiro atoms. The summed E-state index contributed by atoms with van der Waals surface area (Å²) in [5.74, 6) is -0.0518. The van der Waals surface area contributed by atoms with E-state index in [1.807, 2.05) is 73.7 Å². The van der Waals surface area contributed by atoms with Gasteiger partial charge in [-0.3, -0.25) is 9.59 Å². The van der Waals surface area contributed by atoms with Gasteiger partial charge in [-0.1, -0.05) is 89.9 Å². The second-order valence-electron chi connectivity index (χ2n) is 8.74. The van der Waals surface area contributed by atoms with Gasteiger partial charge in [0.15, 0.2) is 6.61 Å². The minimum Gasteiger partial charge on any atom is -0.483 e. The minimum absolute atomic E-state index is 0.117. The maximum Gasteiger partial charge on any atom is 0.261 e. The lowest BCUT2D eigenvalue weighted by Gasteiger charge is -2.31. The first kappa shape index (κ1) is 28.0. The molecule has 0 aliphatic heterocycles. The van der Waals surface area contributed by atoms with Crippen molar-refractivity contribution in [2.45, 2.75) is 25.9 Å². The zero-order valence-electron chi connectivity index (χ0n) is 20.8. The molecule has 0 unspecified atom stereocenters. The van der Waals surface area contributed by atoms with Crippen molar-refractivity contribution in [2.24, 2.45) is 0 Å². The van der Waals surface area contributed by atoms with Gasteiger partial charge in [-0.2, -0.15) is 0 Å². The van der Waals surface area contributed by atoms with Gasteiger partial charge in [0.25, 0.3) is 5.91 Å². The second-order valence-corrected chi connectivity index (χ2v) is 10.4. The monoisotopic (exact) mass is 612 g/mol. The Hall–Kier alpha value is -3.06. The molecule has 4 rings (SSSR count). The lowest BCUT2D eigenvalue weighted by atomic mass is 10.0. The summed E-state index contributed by atoms with van der Waals surface area (Å²) in [7, 11) is 0. The first-order valence-corrected chi connectivity index (χ1v) is 13.8. The summed E-state index contributed by atoms with van der Waals surface area (Å²) in [5.41, 5.74) is 1.61. The standard InChI is InChI=1S/C30H27BrCl2N2O3/c1-2-34-30(37)26(16-20-8-4-3-5-9-20)35(18-22-12-14-23(32)17-25(22)33)28(36)19-38-27-15-13-21-10-6-7-11-24(21)29(27)31/h3-15,17,26H,2,16,18-19H2,1H3,(H,34,37)/t26-/m0/s1. The molecule has 0 saturated heterocycles. The van der Waals surface area contributed by atoms with Crippen molar-refractivity contribution in [1.29, 1.82) is 0 Å². The topological polar surface area (TPSA) is 58.6 Å². The Morgan fingerprint density at radius 2 is 1.71 bits per heavy atom. The average Bonchev–Trinajstić information content (AvgIpc) is 2.92. The maximum absolute atomic E-state index is 13.8. The Labute approximate surface area is 240 Å². The second kappa shape index (κ2) is 13.1. The number of hydrogen-bond donors (Lipinski definition) is 1. The summed E-state index contributed by atoms with van der Waals surface area (Å²) in [4.78, 5) is 28.6. The van der Waals surface area contributed by atoms with Crippen molar-refractivity contribution in [3.8, 4) is 5.75 Å². The number of amides is 2. The lowest BCUT2D eigenvalue weighted by molar-refractivity contribution is -0.142. The number of nitrogens with zero attached hydrogens (tertiary/aromatic N) is 1. The molecule has 4 aromatic carbocycles. The van der Waals surface area contributed by atoms with E-state index in [4.69, 9.17) is 27.9 Å². The number of carbonyl (C=O) groups excluding carboxylic acids is 2. The molecule has 0 heterocycles. The van der Waals surface area contributed by atoms with Crippen LogP contribution in [0.4, 0.5) is 0 Å². The molecule has 5 nitrogen and oxygen atoms in total. The number of likely N-dealkylation sites (N-methyl/N-ethyl adjacent to an activating group) is 1. The summed E-state index contributed by atoms with van der Waals surface area (Å²) in [6, 6.07) is 25.6. The molecule has 196 valence electrons. The predicted molar refractivity (Wildman–Crippen MR) is 157 cm³/mol. The van der Waals surface area contributed by atoms with Gasteiger partial charge in [-0.25, -0.2) is 0 Å². The van der Waals surface area contributed by atoms with Crippen molar-refractivity contribution >= 4 is 61.7 Å². The smallest absolute Gasteiger partial charge is 0.261 e. The van der Waals surface area contributed by atoms with E-state index in [0.29, 0.717) is 34.3 Å². The average molecular weight is 614 g/mol. The van der Waals surface area contributed by atoms with E-state index in [1.54, 1.807) is 18.2 Å². The minimum atomic E-state index is -0.778. The van der Waals surface area contributed by atoms with E-state index in [-0.39, 0.29) is 25.0 Å². The first-order chi connectivity index (χ1) is 18.4. The Bertz CT molecular complexity index is 1430. The summed E-state index contributed by atoms with van der Waals surface area (Å²) in [6.45, 7) is 2.15. The highest BCUT2D eigenvalue weighted by atomic mass is 79.9. The van der Waals surface area contributed by atoms with Crippen molar-refractivity contribution in [1.82, 2.24) is 10.2 Å². The number of carbonyl (C=O) groups is 2. The maximum atomic E-state index is 13.8. The number of ether oxygens (including phenoxy) is 1. The molecule has 0 aliphatic rings. The van der Waals surface area contributed by atoms with E-state index in [1.165, 1.54) is 4.90 Å². The van der Waals surface area contributed by atoms with Crippen LogP contribution in [-0.4, -0.2) is 35.9 Å². The van der Waals surface area contributed by atoms with Gasteiger partial charge >= 0.3 is 0 Å². The molecule has 0 radical (unpaired) electrons. The van der Waals surface area contributed by atoms with Crippen LogP contribution in [0, 0.1) is 0 Å². The molecule has 2 amide bonds. The summed E-state index contributed by atoms with van der Waals surface area (Å²) < 4.78 is 6.76.